The number of carbonyl (C=O) groups is 2. The molecule has 2 aromatic rings. The Morgan fingerprint density at radius 1 is 0.719 bits per heavy atom. The lowest BCUT2D eigenvalue weighted by Gasteiger charge is -2.36. The average Bonchev–Trinajstić information content (AvgIpc) is 2.82. The van der Waals surface area contributed by atoms with E-state index in [4.69, 9.17) is 0 Å². The maximum absolute atomic E-state index is 13.5. The maximum atomic E-state index is 13.5. The summed E-state index contributed by atoms with van der Waals surface area (Å²) in [6, 6.07) is 13.8. The van der Waals surface area contributed by atoms with Crippen LogP contribution >= 0.6 is 0 Å². The third-order valence-corrected chi connectivity index (χ3v) is 6.41. The molecule has 172 valence electrons. The summed E-state index contributed by atoms with van der Waals surface area (Å²) in [5, 5.41) is 19.0. The fourth-order valence-corrected chi connectivity index (χ4v) is 4.53. The average molecular weight is 439 g/mol. The van der Waals surface area contributed by atoms with Crippen LogP contribution in [0.5, 0.6) is 11.5 Å². The predicted molar refractivity (Wildman–Crippen MR) is 124 cm³/mol. The zero-order valence-corrected chi connectivity index (χ0v) is 19.0. The van der Waals surface area contributed by atoms with Crippen molar-refractivity contribution in [2.45, 2.75) is 52.6 Å². The molecule has 32 heavy (non-hydrogen) atoms. The highest BCUT2D eigenvalue weighted by atomic mass is 16.3. The van der Waals surface area contributed by atoms with E-state index in [0.717, 1.165) is 36.8 Å². The highest BCUT2D eigenvalue weighted by Gasteiger charge is 2.39. The molecule has 0 aromatic heterocycles. The summed E-state index contributed by atoms with van der Waals surface area (Å²) in [5.74, 6) is -0.119. The van der Waals surface area contributed by atoms with Crippen LogP contribution in [0.1, 0.15) is 50.7 Å². The minimum atomic E-state index is -0.304. The van der Waals surface area contributed by atoms with Gasteiger partial charge in [-0.15, -0.1) is 0 Å². The van der Waals surface area contributed by atoms with Gasteiger partial charge in [-0.25, -0.2) is 0 Å². The van der Waals surface area contributed by atoms with Crippen molar-refractivity contribution in [1.82, 2.24) is 9.80 Å². The molecule has 1 aliphatic rings. The molecular weight excluding hydrogens is 404 g/mol. The van der Waals surface area contributed by atoms with E-state index in [-0.39, 0.29) is 35.1 Å². The van der Waals surface area contributed by atoms with Crippen molar-refractivity contribution in [2.75, 3.05) is 13.1 Å². The second-order valence-electron chi connectivity index (χ2n) is 8.54. The summed E-state index contributed by atoms with van der Waals surface area (Å²) in [5.41, 5.74) is 1.92. The highest BCUT2D eigenvalue weighted by molar-refractivity contribution is 5.88. The zero-order chi connectivity index (χ0) is 23.1. The third-order valence-electron chi connectivity index (χ3n) is 6.41. The van der Waals surface area contributed by atoms with Crippen molar-refractivity contribution >= 4 is 11.8 Å². The van der Waals surface area contributed by atoms with Crippen molar-refractivity contribution in [3.8, 4) is 11.5 Å². The standard InChI is InChI=1S/C26H34N2O4/c1-3-27(17-19-9-13-21(29)14-10-19)25(31)23-7-5-6-8-24(23)26(32)28(4-2)18-20-11-15-22(30)16-12-20/h9-16,23-24,29-30H,3-8,17-18H2,1-2H3/t23-,24-/m1/s1. The summed E-state index contributed by atoms with van der Waals surface area (Å²) >= 11 is 0. The van der Waals surface area contributed by atoms with Gasteiger partial charge in [-0.3, -0.25) is 9.59 Å². The molecular formula is C26H34N2O4. The lowest BCUT2D eigenvalue weighted by molar-refractivity contribution is -0.148. The molecule has 0 aliphatic heterocycles. The van der Waals surface area contributed by atoms with Crippen LogP contribution in [0.3, 0.4) is 0 Å². The van der Waals surface area contributed by atoms with Crippen LogP contribution in [0.2, 0.25) is 0 Å². The Kier molecular flexibility index (Phi) is 8.14. The second kappa shape index (κ2) is 11.0. The van der Waals surface area contributed by atoms with E-state index in [1.807, 2.05) is 47.9 Å². The van der Waals surface area contributed by atoms with E-state index in [1.165, 1.54) is 0 Å². The number of aromatic hydroxyl groups is 2. The van der Waals surface area contributed by atoms with Crippen LogP contribution in [0, 0.1) is 11.8 Å². The number of rotatable bonds is 8. The number of phenolic OH excluding ortho intramolecular Hbond substituents is 2. The first kappa shape index (κ1) is 23.6. The van der Waals surface area contributed by atoms with Gasteiger partial charge < -0.3 is 20.0 Å². The summed E-state index contributed by atoms with van der Waals surface area (Å²) in [4.78, 5) is 30.6. The molecule has 0 unspecified atom stereocenters. The van der Waals surface area contributed by atoms with Crippen LogP contribution in [0.15, 0.2) is 48.5 Å². The minimum Gasteiger partial charge on any atom is -0.508 e. The Balaban J connectivity index is 1.73. The summed E-state index contributed by atoms with van der Waals surface area (Å²) in [7, 11) is 0. The van der Waals surface area contributed by atoms with Crippen molar-refractivity contribution in [1.29, 1.82) is 0 Å². The topological polar surface area (TPSA) is 81.1 Å². The summed E-state index contributed by atoms with van der Waals surface area (Å²) in [6.45, 7) is 6.00. The van der Waals surface area contributed by atoms with Crippen molar-refractivity contribution < 1.29 is 19.8 Å². The normalized spacial score (nSPS) is 18.2. The van der Waals surface area contributed by atoms with Crippen LogP contribution in [0.25, 0.3) is 0 Å². The molecule has 2 atom stereocenters. The number of hydrogen-bond acceptors (Lipinski definition) is 4. The van der Waals surface area contributed by atoms with Gasteiger partial charge in [0.1, 0.15) is 11.5 Å². The van der Waals surface area contributed by atoms with E-state index in [9.17, 15) is 19.8 Å². The van der Waals surface area contributed by atoms with E-state index in [2.05, 4.69) is 0 Å². The summed E-state index contributed by atoms with van der Waals surface area (Å²) < 4.78 is 0. The molecule has 1 saturated carbocycles. The van der Waals surface area contributed by atoms with E-state index in [1.54, 1.807) is 24.3 Å². The Hall–Kier alpha value is -3.02. The third kappa shape index (κ3) is 5.81. The minimum absolute atomic E-state index is 0.0410. The van der Waals surface area contributed by atoms with Gasteiger partial charge in [-0.1, -0.05) is 37.1 Å². The molecule has 3 rings (SSSR count). The van der Waals surface area contributed by atoms with Gasteiger partial charge in [0.2, 0.25) is 11.8 Å². The number of benzene rings is 2. The van der Waals surface area contributed by atoms with E-state index >= 15 is 0 Å². The van der Waals surface area contributed by atoms with Gasteiger partial charge in [-0.2, -0.15) is 0 Å². The SMILES string of the molecule is CCN(Cc1ccc(O)cc1)C(=O)[C@@H]1CCCC[C@H]1C(=O)N(CC)Cc1ccc(O)cc1. The molecule has 0 saturated heterocycles. The molecule has 6 heteroatoms. The first-order chi connectivity index (χ1) is 15.4. The number of nitrogens with zero attached hydrogens (tertiary/aromatic N) is 2. The lowest BCUT2D eigenvalue weighted by Crippen LogP contribution is -2.46. The fourth-order valence-electron chi connectivity index (χ4n) is 4.53. The molecule has 2 aromatic carbocycles. The van der Waals surface area contributed by atoms with E-state index in [0.29, 0.717) is 26.2 Å². The maximum Gasteiger partial charge on any atom is 0.226 e. The van der Waals surface area contributed by atoms with Crippen molar-refractivity contribution in [3.05, 3.63) is 59.7 Å². The Morgan fingerprint density at radius 3 is 1.38 bits per heavy atom. The number of phenols is 2. The van der Waals surface area contributed by atoms with Gasteiger partial charge >= 0.3 is 0 Å². The first-order valence-corrected chi connectivity index (χ1v) is 11.6. The molecule has 0 radical (unpaired) electrons. The van der Waals surface area contributed by atoms with Crippen molar-refractivity contribution in [2.24, 2.45) is 11.8 Å². The Labute approximate surface area is 190 Å². The molecule has 2 amide bonds. The van der Waals surface area contributed by atoms with Gasteiger partial charge in [0.05, 0.1) is 0 Å². The Bertz CT molecular complexity index is 820. The first-order valence-electron chi connectivity index (χ1n) is 11.6. The zero-order valence-electron chi connectivity index (χ0n) is 19.0. The van der Waals surface area contributed by atoms with Crippen LogP contribution in [-0.4, -0.2) is 44.9 Å². The molecule has 1 fully saturated rings. The van der Waals surface area contributed by atoms with Crippen LogP contribution in [-0.2, 0) is 22.7 Å². The molecule has 6 nitrogen and oxygen atoms in total. The molecule has 0 bridgehead atoms. The predicted octanol–water partition coefficient (Wildman–Crippen LogP) is 4.30. The monoisotopic (exact) mass is 438 g/mol. The largest absolute Gasteiger partial charge is 0.508 e. The number of hydrogen-bond donors (Lipinski definition) is 2. The number of amides is 2. The van der Waals surface area contributed by atoms with Gasteiger partial charge in [-0.05, 0) is 62.1 Å². The quantitative estimate of drug-likeness (QED) is 0.644. The van der Waals surface area contributed by atoms with Gasteiger partial charge in [0, 0.05) is 38.0 Å². The van der Waals surface area contributed by atoms with Crippen LogP contribution < -0.4 is 0 Å². The highest BCUT2D eigenvalue weighted by Crippen LogP contribution is 2.34. The lowest BCUT2D eigenvalue weighted by atomic mass is 9.77. The van der Waals surface area contributed by atoms with Crippen LogP contribution in [0.4, 0.5) is 0 Å². The Morgan fingerprint density at radius 2 is 1.06 bits per heavy atom. The molecule has 1 aliphatic carbocycles. The molecule has 0 heterocycles. The van der Waals surface area contributed by atoms with Gasteiger partial charge in [0.25, 0.3) is 0 Å². The number of carbonyl (C=O) groups excluding carboxylic acids is 2. The molecule has 0 spiro atoms. The smallest absolute Gasteiger partial charge is 0.226 e. The van der Waals surface area contributed by atoms with Crippen molar-refractivity contribution in [3.63, 3.8) is 0 Å². The summed E-state index contributed by atoms with van der Waals surface area (Å²) in [6.07, 6.45) is 3.39. The van der Waals surface area contributed by atoms with Gasteiger partial charge in [0.15, 0.2) is 0 Å². The van der Waals surface area contributed by atoms with E-state index < -0.39 is 0 Å². The second-order valence-corrected chi connectivity index (χ2v) is 8.54. The molecule has 2 N–H and O–H groups in total. The fraction of sp³-hybridized carbons (Fsp3) is 0.462.